The minimum absolute atomic E-state index is 0. The van der Waals surface area contributed by atoms with Crippen LogP contribution < -0.4 is 5.73 Å². The molecule has 0 saturated heterocycles. The molecule has 0 heterocycles. The summed E-state index contributed by atoms with van der Waals surface area (Å²) >= 11 is 0. The van der Waals surface area contributed by atoms with Crippen molar-refractivity contribution in [2.75, 3.05) is 26.4 Å². The SMILES string of the molecule is CCCOC(C)COC(C)COC(C)COC(N)=O.[SiH4]. The molecule has 3 atom stereocenters. The van der Waals surface area contributed by atoms with Crippen molar-refractivity contribution < 1.29 is 23.7 Å². The summed E-state index contributed by atoms with van der Waals surface area (Å²) in [6.45, 7) is 9.65. The minimum atomic E-state index is -0.790. The van der Waals surface area contributed by atoms with Crippen LogP contribution in [-0.2, 0) is 18.9 Å². The second-order valence-electron chi connectivity index (χ2n) is 4.60. The molecule has 2 N–H and O–H groups in total. The zero-order chi connectivity index (χ0) is 14.7. The van der Waals surface area contributed by atoms with Crippen molar-refractivity contribution in [2.45, 2.75) is 52.4 Å². The third-order valence-corrected chi connectivity index (χ3v) is 2.30. The van der Waals surface area contributed by atoms with E-state index in [9.17, 15) is 4.79 Å². The zero-order valence-corrected chi connectivity index (χ0v) is 12.4. The molecular formula is C13H31NO5Si. The van der Waals surface area contributed by atoms with Gasteiger partial charge in [0.25, 0.3) is 0 Å². The Morgan fingerprint density at radius 1 is 0.950 bits per heavy atom. The number of carbonyl (C=O) groups excluding carboxylic acids is 1. The van der Waals surface area contributed by atoms with E-state index < -0.39 is 6.09 Å². The summed E-state index contributed by atoms with van der Waals surface area (Å²) in [6, 6.07) is 0. The molecule has 6 nitrogen and oxygen atoms in total. The van der Waals surface area contributed by atoms with Crippen LogP contribution in [0.4, 0.5) is 4.79 Å². The average Bonchev–Trinajstić information content (AvgIpc) is 2.37. The van der Waals surface area contributed by atoms with Gasteiger partial charge >= 0.3 is 6.09 Å². The molecule has 20 heavy (non-hydrogen) atoms. The maximum Gasteiger partial charge on any atom is 0.404 e. The number of amides is 1. The summed E-state index contributed by atoms with van der Waals surface area (Å²) in [6.07, 6.45) is 0.0519. The molecule has 0 aliphatic carbocycles. The normalized spacial score (nSPS) is 15.0. The van der Waals surface area contributed by atoms with Crippen molar-refractivity contribution in [3.8, 4) is 0 Å². The van der Waals surface area contributed by atoms with E-state index in [1.54, 1.807) is 0 Å². The molecule has 3 unspecified atom stereocenters. The van der Waals surface area contributed by atoms with Gasteiger partial charge in [0.05, 0.1) is 31.5 Å². The maximum absolute atomic E-state index is 10.4. The van der Waals surface area contributed by atoms with Crippen molar-refractivity contribution >= 4 is 17.1 Å². The van der Waals surface area contributed by atoms with Gasteiger partial charge in [-0.1, -0.05) is 6.92 Å². The lowest BCUT2D eigenvalue weighted by Crippen LogP contribution is -2.28. The van der Waals surface area contributed by atoms with Gasteiger partial charge in [-0.2, -0.15) is 0 Å². The Bertz CT molecular complexity index is 243. The van der Waals surface area contributed by atoms with Crippen LogP contribution in [0, 0.1) is 0 Å². The molecular weight excluding hydrogens is 278 g/mol. The Morgan fingerprint density at radius 2 is 1.40 bits per heavy atom. The van der Waals surface area contributed by atoms with Crippen molar-refractivity contribution in [1.29, 1.82) is 0 Å². The molecule has 0 spiro atoms. The van der Waals surface area contributed by atoms with Gasteiger partial charge in [-0.3, -0.25) is 0 Å². The van der Waals surface area contributed by atoms with Crippen LogP contribution in [-0.4, -0.2) is 61.8 Å². The molecule has 122 valence electrons. The van der Waals surface area contributed by atoms with Gasteiger partial charge in [0.1, 0.15) is 6.61 Å². The lowest BCUT2D eigenvalue weighted by atomic mass is 10.4. The molecule has 1 amide bonds. The minimum Gasteiger partial charge on any atom is -0.447 e. The van der Waals surface area contributed by atoms with Crippen molar-refractivity contribution in [3.63, 3.8) is 0 Å². The van der Waals surface area contributed by atoms with E-state index in [0.29, 0.717) is 13.2 Å². The fraction of sp³-hybridized carbons (Fsp3) is 0.923. The predicted molar refractivity (Wildman–Crippen MR) is 83.4 cm³/mol. The molecule has 0 saturated carbocycles. The first-order valence-corrected chi connectivity index (χ1v) is 6.72. The van der Waals surface area contributed by atoms with E-state index in [2.05, 4.69) is 11.7 Å². The number of hydrogen-bond acceptors (Lipinski definition) is 5. The average molecular weight is 309 g/mol. The summed E-state index contributed by atoms with van der Waals surface area (Å²) < 4.78 is 21.2. The summed E-state index contributed by atoms with van der Waals surface area (Å²) in [5.41, 5.74) is 4.86. The largest absolute Gasteiger partial charge is 0.447 e. The van der Waals surface area contributed by atoms with Crippen molar-refractivity contribution in [1.82, 2.24) is 0 Å². The van der Waals surface area contributed by atoms with Gasteiger partial charge in [0.15, 0.2) is 0 Å². The first-order chi connectivity index (χ1) is 8.95. The van der Waals surface area contributed by atoms with Crippen LogP contribution in [0.15, 0.2) is 0 Å². The van der Waals surface area contributed by atoms with Gasteiger partial charge in [0.2, 0.25) is 0 Å². The van der Waals surface area contributed by atoms with Crippen molar-refractivity contribution in [3.05, 3.63) is 0 Å². The van der Waals surface area contributed by atoms with E-state index in [1.807, 2.05) is 20.8 Å². The Hall–Kier alpha value is -0.633. The second kappa shape index (κ2) is 13.4. The third kappa shape index (κ3) is 13.8. The molecule has 0 aliphatic rings. The molecule has 0 aromatic heterocycles. The fourth-order valence-corrected chi connectivity index (χ4v) is 1.26. The van der Waals surface area contributed by atoms with Crippen LogP contribution in [0.2, 0.25) is 0 Å². The summed E-state index contributed by atoms with van der Waals surface area (Å²) in [5.74, 6) is 0. The molecule has 0 aliphatic heterocycles. The van der Waals surface area contributed by atoms with Crippen LogP contribution in [0.3, 0.4) is 0 Å². The van der Waals surface area contributed by atoms with E-state index in [4.69, 9.17) is 19.9 Å². The molecule has 0 bridgehead atoms. The lowest BCUT2D eigenvalue weighted by Gasteiger charge is -2.19. The molecule has 0 radical (unpaired) electrons. The molecule has 7 heteroatoms. The number of carbonyl (C=O) groups is 1. The zero-order valence-electron chi connectivity index (χ0n) is 12.4. The highest BCUT2D eigenvalue weighted by Gasteiger charge is 2.10. The third-order valence-electron chi connectivity index (χ3n) is 2.30. The quantitative estimate of drug-likeness (QED) is 0.554. The number of nitrogens with two attached hydrogens (primary N) is 1. The van der Waals surface area contributed by atoms with Gasteiger partial charge in [0, 0.05) is 6.61 Å². The molecule has 0 aromatic carbocycles. The molecule has 0 aromatic rings. The first-order valence-electron chi connectivity index (χ1n) is 6.72. The summed E-state index contributed by atoms with van der Waals surface area (Å²) in [5, 5.41) is 0. The van der Waals surface area contributed by atoms with Crippen LogP contribution in [0.25, 0.3) is 0 Å². The Kier molecular flexibility index (Phi) is 14.5. The highest BCUT2D eigenvalue weighted by Crippen LogP contribution is 2.01. The Morgan fingerprint density at radius 3 is 1.85 bits per heavy atom. The van der Waals surface area contributed by atoms with Crippen LogP contribution >= 0.6 is 0 Å². The van der Waals surface area contributed by atoms with Crippen molar-refractivity contribution in [2.24, 2.45) is 5.73 Å². The Balaban J connectivity index is 0. The van der Waals surface area contributed by atoms with Crippen LogP contribution in [0.5, 0.6) is 0 Å². The monoisotopic (exact) mass is 309 g/mol. The van der Waals surface area contributed by atoms with Gasteiger partial charge < -0.3 is 24.7 Å². The van der Waals surface area contributed by atoms with E-state index in [0.717, 1.165) is 13.0 Å². The summed E-state index contributed by atoms with van der Waals surface area (Å²) in [4.78, 5) is 10.4. The standard InChI is InChI=1S/C13H27NO5.H4Si/c1-5-6-16-10(2)7-17-11(3)8-18-12(4)9-19-13(14)15;/h10-12H,5-9H2,1-4H3,(H2,14,15);1H4. The topological polar surface area (TPSA) is 80.0 Å². The molecule has 0 rings (SSSR count). The maximum atomic E-state index is 10.4. The number of hydrogen-bond donors (Lipinski definition) is 1. The number of ether oxygens (including phenoxy) is 4. The highest BCUT2D eigenvalue weighted by atomic mass is 28.1. The Labute approximate surface area is 126 Å². The smallest absolute Gasteiger partial charge is 0.404 e. The highest BCUT2D eigenvalue weighted by molar-refractivity contribution is 5.75. The molecule has 0 fully saturated rings. The first kappa shape index (κ1) is 21.7. The van der Waals surface area contributed by atoms with Gasteiger partial charge in [-0.25, -0.2) is 4.79 Å². The fourth-order valence-electron chi connectivity index (χ4n) is 1.26. The van der Waals surface area contributed by atoms with Crippen LogP contribution in [0.1, 0.15) is 34.1 Å². The van der Waals surface area contributed by atoms with E-state index in [-0.39, 0.29) is 35.9 Å². The lowest BCUT2D eigenvalue weighted by molar-refractivity contribution is -0.0746. The predicted octanol–water partition coefficient (Wildman–Crippen LogP) is 0.255. The van der Waals surface area contributed by atoms with Gasteiger partial charge in [-0.05, 0) is 38.2 Å². The second-order valence-corrected chi connectivity index (χ2v) is 4.60. The van der Waals surface area contributed by atoms with Gasteiger partial charge in [-0.15, -0.1) is 0 Å². The number of primary amides is 1. The summed E-state index contributed by atoms with van der Waals surface area (Å²) in [7, 11) is 0. The number of rotatable bonds is 11. The van der Waals surface area contributed by atoms with E-state index in [1.165, 1.54) is 0 Å². The van der Waals surface area contributed by atoms with E-state index >= 15 is 0 Å².